The smallest absolute Gasteiger partial charge is 0.225 e. The maximum absolute atomic E-state index is 12.6. The molecule has 1 heterocycles. The molecule has 5 nitrogen and oxygen atoms in total. The molecule has 0 spiro atoms. The van der Waals surface area contributed by atoms with Gasteiger partial charge in [0.25, 0.3) is 0 Å². The Labute approximate surface area is 162 Å². The van der Waals surface area contributed by atoms with Crippen molar-refractivity contribution in [3.63, 3.8) is 0 Å². The zero-order valence-corrected chi connectivity index (χ0v) is 16.0. The number of carbonyl (C=O) groups excluding carboxylic acids is 2. The molecule has 144 valence electrons. The number of nitrogens with two attached hydrogens (primary N) is 1. The summed E-state index contributed by atoms with van der Waals surface area (Å²) in [5.41, 5.74) is 7.09. The van der Waals surface area contributed by atoms with Gasteiger partial charge in [-0.15, -0.1) is 12.4 Å². The Morgan fingerprint density at radius 2 is 1.81 bits per heavy atom. The molecular weight excluding hydrogens is 350 g/mol. The summed E-state index contributed by atoms with van der Waals surface area (Å²) >= 11 is 0. The molecule has 1 aliphatic carbocycles. The number of likely N-dealkylation sites (tertiary alicyclic amines) is 1. The Bertz CT molecular complexity index is 590. The molecule has 2 fully saturated rings. The molecule has 0 radical (unpaired) electrons. The zero-order chi connectivity index (χ0) is 17.6. The highest BCUT2D eigenvalue weighted by Gasteiger charge is 2.32. The summed E-state index contributed by atoms with van der Waals surface area (Å²) in [5, 5.41) is 3.05. The number of hydrogen-bond acceptors (Lipinski definition) is 3. The van der Waals surface area contributed by atoms with Crippen LogP contribution in [-0.2, 0) is 9.59 Å². The topological polar surface area (TPSA) is 75.4 Å². The first kappa shape index (κ1) is 20.7. The van der Waals surface area contributed by atoms with Gasteiger partial charge in [-0.1, -0.05) is 49.6 Å². The van der Waals surface area contributed by atoms with Crippen molar-refractivity contribution < 1.29 is 9.59 Å². The molecule has 1 aromatic rings. The van der Waals surface area contributed by atoms with Gasteiger partial charge in [-0.3, -0.25) is 9.59 Å². The van der Waals surface area contributed by atoms with E-state index in [0.717, 1.165) is 31.4 Å². The lowest BCUT2D eigenvalue weighted by Crippen LogP contribution is -2.41. The predicted molar refractivity (Wildman–Crippen MR) is 105 cm³/mol. The van der Waals surface area contributed by atoms with E-state index in [9.17, 15) is 9.59 Å². The van der Waals surface area contributed by atoms with E-state index in [0.29, 0.717) is 6.54 Å². The minimum absolute atomic E-state index is 0. The number of benzene rings is 1. The second kappa shape index (κ2) is 9.93. The number of nitrogens with zero attached hydrogens (tertiary/aromatic N) is 1. The summed E-state index contributed by atoms with van der Waals surface area (Å²) in [6, 6.07) is 9.45. The third kappa shape index (κ3) is 5.45. The monoisotopic (exact) mass is 379 g/mol. The Balaban J connectivity index is 0.00000243. The van der Waals surface area contributed by atoms with Crippen LogP contribution < -0.4 is 11.1 Å². The molecule has 1 aromatic carbocycles. The van der Waals surface area contributed by atoms with Crippen molar-refractivity contribution in [3.8, 4) is 0 Å². The molecule has 2 amide bonds. The van der Waals surface area contributed by atoms with Crippen molar-refractivity contribution in [1.82, 2.24) is 10.2 Å². The van der Waals surface area contributed by atoms with Crippen LogP contribution in [0.15, 0.2) is 30.3 Å². The first-order chi connectivity index (χ1) is 12.1. The summed E-state index contributed by atoms with van der Waals surface area (Å²) in [6.07, 6.45) is 6.76. The molecule has 6 heteroatoms. The Morgan fingerprint density at radius 3 is 2.50 bits per heavy atom. The molecule has 0 bridgehead atoms. The van der Waals surface area contributed by atoms with E-state index in [2.05, 4.69) is 5.32 Å². The van der Waals surface area contributed by atoms with Gasteiger partial charge in [0, 0.05) is 37.5 Å². The molecule has 26 heavy (non-hydrogen) atoms. The quantitative estimate of drug-likeness (QED) is 0.825. The van der Waals surface area contributed by atoms with E-state index < -0.39 is 0 Å². The van der Waals surface area contributed by atoms with Gasteiger partial charge in [-0.2, -0.15) is 0 Å². The SMILES string of the molecule is Cl.NC(CC(=O)NC1CCN(C(=O)C2CCCCC2)C1)c1ccccc1. The van der Waals surface area contributed by atoms with Crippen LogP contribution in [0.4, 0.5) is 0 Å². The van der Waals surface area contributed by atoms with Crippen LogP contribution >= 0.6 is 12.4 Å². The van der Waals surface area contributed by atoms with Crippen LogP contribution in [0.3, 0.4) is 0 Å². The van der Waals surface area contributed by atoms with Crippen LogP contribution in [0.1, 0.15) is 56.6 Å². The van der Waals surface area contributed by atoms with Crippen LogP contribution in [0.25, 0.3) is 0 Å². The van der Waals surface area contributed by atoms with E-state index >= 15 is 0 Å². The van der Waals surface area contributed by atoms with Gasteiger partial charge in [-0.05, 0) is 24.8 Å². The van der Waals surface area contributed by atoms with Crippen molar-refractivity contribution in [3.05, 3.63) is 35.9 Å². The molecule has 2 atom stereocenters. The summed E-state index contributed by atoms with van der Waals surface area (Å²) in [4.78, 5) is 26.8. The van der Waals surface area contributed by atoms with Crippen molar-refractivity contribution in [1.29, 1.82) is 0 Å². The average molecular weight is 380 g/mol. The van der Waals surface area contributed by atoms with Gasteiger partial charge in [0.15, 0.2) is 0 Å². The van der Waals surface area contributed by atoms with Crippen molar-refractivity contribution in [2.24, 2.45) is 11.7 Å². The van der Waals surface area contributed by atoms with Gasteiger partial charge >= 0.3 is 0 Å². The van der Waals surface area contributed by atoms with Crippen LogP contribution in [0.5, 0.6) is 0 Å². The van der Waals surface area contributed by atoms with Gasteiger partial charge < -0.3 is 16.0 Å². The van der Waals surface area contributed by atoms with E-state index in [4.69, 9.17) is 5.73 Å². The number of nitrogens with one attached hydrogen (secondary N) is 1. The Hall–Kier alpha value is -1.59. The van der Waals surface area contributed by atoms with Crippen molar-refractivity contribution >= 4 is 24.2 Å². The van der Waals surface area contributed by atoms with E-state index in [1.165, 1.54) is 19.3 Å². The molecule has 2 unspecified atom stereocenters. The Morgan fingerprint density at radius 1 is 1.12 bits per heavy atom. The second-order valence-electron chi connectivity index (χ2n) is 7.39. The third-order valence-corrected chi connectivity index (χ3v) is 5.45. The highest BCUT2D eigenvalue weighted by atomic mass is 35.5. The average Bonchev–Trinajstić information content (AvgIpc) is 3.10. The Kier molecular flexibility index (Phi) is 7.91. The van der Waals surface area contributed by atoms with Gasteiger partial charge in [0.1, 0.15) is 0 Å². The van der Waals surface area contributed by atoms with Gasteiger partial charge in [-0.25, -0.2) is 0 Å². The maximum atomic E-state index is 12.6. The van der Waals surface area contributed by atoms with Gasteiger partial charge in [0.2, 0.25) is 11.8 Å². The lowest BCUT2D eigenvalue weighted by molar-refractivity contribution is -0.135. The number of carbonyl (C=O) groups is 2. The molecule has 3 rings (SSSR count). The van der Waals surface area contributed by atoms with Gasteiger partial charge in [0.05, 0.1) is 0 Å². The second-order valence-corrected chi connectivity index (χ2v) is 7.39. The van der Waals surface area contributed by atoms with E-state index in [1.807, 2.05) is 35.2 Å². The molecule has 2 aliphatic rings. The standard InChI is InChI=1S/C20H29N3O2.ClH/c21-18(15-7-3-1-4-8-15)13-19(24)22-17-11-12-23(14-17)20(25)16-9-5-2-6-10-16;/h1,3-4,7-8,16-18H,2,5-6,9-14,21H2,(H,22,24);1H. The van der Waals surface area contributed by atoms with E-state index in [1.54, 1.807) is 0 Å². The molecule has 1 aliphatic heterocycles. The number of rotatable bonds is 5. The van der Waals surface area contributed by atoms with Crippen molar-refractivity contribution in [2.75, 3.05) is 13.1 Å². The maximum Gasteiger partial charge on any atom is 0.225 e. The van der Waals surface area contributed by atoms with E-state index in [-0.39, 0.29) is 48.6 Å². The highest BCUT2D eigenvalue weighted by molar-refractivity contribution is 5.85. The number of halogens is 1. The lowest BCUT2D eigenvalue weighted by atomic mass is 9.88. The minimum Gasteiger partial charge on any atom is -0.351 e. The summed E-state index contributed by atoms with van der Waals surface area (Å²) < 4.78 is 0. The largest absolute Gasteiger partial charge is 0.351 e. The predicted octanol–water partition coefficient (Wildman–Crippen LogP) is 2.80. The fraction of sp³-hybridized carbons (Fsp3) is 0.600. The van der Waals surface area contributed by atoms with Crippen molar-refractivity contribution in [2.45, 2.75) is 57.0 Å². The van der Waals surface area contributed by atoms with Crippen LogP contribution in [0, 0.1) is 5.92 Å². The normalized spacial score (nSPS) is 21.7. The molecular formula is C20H30ClN3O2. The summed E-state index contributed by atoms with van der Waals surface area (Å²) in [7, 11) is 0. The first-order valence-corrected chi connectivity index (χ1v) is 9.52. The lowest BCUT2D eigenvalue weighted by Gasteiger charge is -2.26. The molecule has 1 saturated carbocycles. The fourth-order valence-electron chi connectivity index (χ4n) is 3.99. The highest BCUT2D eigenvalue weighted by Crippen LogP contribution is 2.26. The molecule has 0 aromatic heterocycles. The fourth-order valence-corrected chi connectivity index (χ4v) is 3.99. The summed E-state index contributed by atoms with van der Waals surface area (Å²) in [6.45, 7) is 1.40. The summed E-state index contributed by atoms with van der Waals surface area (Å²) in [5.74, 6) is 0.459. The van der Waals surface area contributed by atoms with Crippen LogP contribution in [-0.4, -0.2) is 35.8 Å². The molecule has 3 N–H and O–H groups in total. The minimum atomic E-state index is -0.289. The number of hydrogen-bond donors (Lipinski definition) is 2. The third-order valence-electron chi connectivity index (χ3n) is 5.45. The van der Waals surface area contributed by atoms with Crippen LogP contribution in [0.2, 0.25) is 0 Å². The molecule has 1 saturated heterocycles. The first-order valence-electron chi connectivity index (χ1n) is 9.52. The number of amides is 2. The zero-order valence-electron chi connectivity index (χ0n) is 15.2.